The van der Waals surface area contributed by atoms with Crippen LogP contribution >= 0.6 is 0 Å². The first-order valence-electron chi connectivity index (χ1n) is 9.08. The minimum atomic E-state index is -0.0154. The Hall–Kier alpha value is -3.40. The molecule has 0 radical (unpaired) electrons. The third-order valence-electron chi connectivity index (χ3n) is 4.57. The van der Waals surface area contributed by atoms with Crippen molar-refractivity contribution in [3.63, 3.8) is 0 Å². The number of nitrogens with zero attached hydrogens (tertiary/aromatic N) is 2. The van der Waals surface area contributed by atoms with E-state index in [-0.39, 0.29) is 5.91 Å². The van der Waals surface area contributed by atoms with Gasteiger partial charge in [0, 0.05) is 18.2 Å². The number of aryl methyl sites for hydroxylation is 2. The van der Waals surface area contributed by atoms with Crippen molar-refractivity contribution >= 4 is 17.4 Å². The second kappa shape index (κ2) is 7.46. The monoisotopic (exact) mass is 355 g/mol. The van der Waals surface area contributed by atoms with Crippen LogP contribution in [0.5, 0.6) is 0 Å². The first-order chi connectivity index (χ1) is 13.2. The Labute approximate surface area is 158 Å². The van der Waals surface area contributed by atoms with Gasteiger partial charge in [-0.1, -0.05) is 60.7 Å². The molecule has 0 saturated heterocycles. The molecule has 27 heavy (non-hydrogen) atoms. The quantitative estimate of drug-likeness (QED) is 0.554. The van der Waals surface area contributed by atoms with Crippen LogP contribution in [-0.4, -0.2) is 15.3 Å². The van der Waals surface area contributed by atoms with Crippen molar-refractivity contribution in [3.05, 3.63) is 90.1 Å². The number of amides is 1. The molecule has 0 aliphatic heterocycles. The van der Waals surface area contributed by atoms with Gasteiger partial charge in [-0.15, -0.1) is 0 Å². The number of fused-ring (bicyclic) bond motifs is 1. The van der Waals surface area contributed by atoms with Gasteiger partial charge in [-0.3, -0.25) is 9.20 Å². The third-order valence-corrected chi connectivity index (χ3v) is 4.57. The van der Waals surface area contributed by atoms with E-state index in [2.05, 4.69) is 5.32 Å². The molecule has 0 unspecified atom stereocenters. The number of hydrogen-bond acceptors (Lipinski definition) is 2. The molecule has 0 fully saturated rings. The maximum absolute atomic E-state index is 12.6. The fraction of sp³-hybridized carbons (Fsp3) is 0.130. The lowest BCUT2D eigenvalue weighted by atomic mass is 10.1. The number of nitrogens with one attached hydrogen (secondary N) is 1. The van der Waals surface area contributed by atoms with Gasteiger partial charge in [0.1, 0.15) is 17.2 Å². The number of aromatic nitrogens is 2. The zero-order chi connectivity index (χ0) is 18.6. The molecule has 4 heteroatoms. The highest BCUT2D eigenvalue weighted by molar-refractivity contribution is 5.94. The highest BCUT2D eigenvalue weighted by atomic mass is 16.1. The van der Waals surface area contributed by atoms with Gasteiger partial charge in [0.05, 0.1) is 0 Å². The fourth-order valence-corrected chi connectivity index (χ4v) is 3.16. The van der Waals surface area contributed by atoms with Crippen molar-refractivity contribution in [1.82, 2.24) is 9.38 Å². The van der Waals surface area contributed by atoms with Gasteiger partial charge < -0.3 is 5.32 Å². The van der Waals surface area contributed by atoms with Gasteiger partial charge in [0.15, 0.2) is 0 Å². The van der Waals surface area contributed by atoms with Crippen LogP contribution in [0, 0.1) is 6.92 Å². The SMILES string of the molecule is Cc1ccn2c(NC(=O)CCc3ccccc3)c(-c3ccccc3)nc2c1. The molecule has 0 bridgehead atoms. The summed E-state index contributed by atoms with van der Waals surface area (Å²) in [6.45, 7) is 2.04. The molecule has 0 aliphatic carbocycles. The van der Waals surface area contributed by atoms with E-state index in [1.54, 1.807) is 0 Å². The summed E-state index contributed by atoms with van der Waals surface area (Å²) in [6, 6.07) is 24.0. The topological polar surface area (TPSA) is 46.4 Å². The smallest absolute Gasteiger partial charge is 0.225 e. The van der Waals surface area contributed by atoms with E-state index in [9.17, 15) is 4.79 Å². The maximum Gasteiger partial charge on any atom is 0.225 e. The fourth-order valence-electron chi connectivity index (χ4n) is 3.16. The van der Waals surface area contributed by atoms with Crippen molar-refractivity contribution < 1.29 is 4.79 Å². The summed E-state index contributed by atoms with van der Waals surface area (Å²) >= 11 is 0. The Kier molecular flexibility index (Phi) is 4.71. The van der Waals surface area contributed by atoms with Gasteiger partial charge in [0.25, 0.3) is 0 Å². The third kappa shape index (κ3) is 3.75. The molecule has 4 aromatic rings. The molecular weight excluding hydrogens is 334 g/mol. The van der Waals surface area contributed by atoms with E-state index in [0.29, 0.717) is 18.7 Å². The van der Waals surface area contributed by atoms with Gasteiger partial charge in [-0.2, -0.15) is 0 Å². The standard InChI is InChI=1S/C23H21N3O/c1-17-14-15-26-20(16-17)24-22(19-10-6-3-7-11-19)23(26)25-21(27)13-12-18-8-4-2-5-9-18/h2-11,14-16H,12-13H2,1H3,(H,25,27). The molecule has 1 N–H and O–H groups in total. The maximum atomic E-state index is 12.6. The highest BCUT2D eigenvalue weighted by Crippen LogP contribution is 2.29. The first kappa shape index (κ1) is 17.0. The second-order valence-electron chi connectivity index (χ2n) is 6.64. The first-order valence-corrected chi connectivity index (χ1v) is 9.08. The molecule has 2 aromatic carbocycles. The number of benzene rings is 2. The normalized spacial score (nSPS) is 10.9. The van der Waals surface area contributed by atoms with Crippen molar-refractivity contribution in [2.75, 3.05) is 5.32 Å². The van der Waals surface area contributed by atoms with Crippen molar-refractivity contribution in [2.45, 2.75) is 19.8 Å². The zero-order valence-corrected chi connectivity index (χ0v) is 15.2. The van der Waals surface area contributed by atoms with Gasteiger partial charge in [-0.25, -0.2) is 4.98 Å². The molecule has 0 spiro atoms. The summed E-state index contributed by atoms with van der Waals surface area (Å²) in [7, 11) is 0. The number of imidazole rings is 1. The van der Waals surface area contributed by atoms with Crippen molar-refractivity contribution in [3.8, 4) is 11.3 Å². The lowest BCUT2D eigenvalue weighted by Gasteiger charge is -2.08. The van der Waals surface area contributed by atoms with Gasteiger partial charge in [-0.05, 0) is 36.6 Å². The van der Waals surface area contributed by atoms with Crippen LogP contribution in [0.1, 0.15) is 17.5 Å². The molecule has 4 nitrogen and oxygen atoms in total. The van der Waals surface area contributed by atoms with E-state index < -0.39 is 0 Å². The number of carbonyl (C=O) groups is 1. The van der Waals surface area contributed by atoms with Crippen molar-refractivity contribution in [1.29, 1.82) is 0 Å². The molecule has 0 saturated carbocycles. The average Bonchev–Trinajstić information content (AvgIpc) is 3.05. The summed E-state index contributed by atoms with van der Waals surface area (Å²) in [5.74, 6) is 0.702. The van der Waals surface area contributed by atoms with Gasteiger partial charge >= 0.3 is 0 Å². The summed E-state index contributed by atoms with van der Waals surface area (Å²) in [4.78, 5) is 17.4. The van der Waals surface area contributed by atoms with Crippen LogP contribution < -0.4 is 5.32 Å². The number of carbonyl (C=O) groups excluding carboxylic acids is 1. The molecule has 4 rings (SSSR count). The predicted octanol–water partition coefficient (Wildman–Crippen LogP) is 4.88. The van der Waals surface area contributed by atoms with Crippen LogP contribution in [0.25, 0.3) is 16.9 Å². The Balaban J connectivity index is 1.64. The summed E-state index contributed by atoms with van der Waals surface area (Å²) in [6.07, 6.45) is 3.09. The van der Waals surface area contributed by atoms with Crippen LogP contribution in [0.2, 0.25) is 0 Å². The predicted molar refractivity (Wildman–Crippen MR) is 109 cm³/mol. The number of pyridine rings is 1. The number of anilines is 1. The van der Waals surface area contributed by atoms with E-state index >= 15 is 0 Å². The summed E-state index contributed by atoms with van der Waals surface area (Å²) < 4.78 is 1.94. The van der Waals surface area contributed by atoms with Crippen LogP contribution in [-0.2, 0) is 11.2 Å². The summed E-state index contributed by atoms with van der Waals surface area (Å²) in [5, 5.41) is 3.08. The average molecular weight is 355 g/mol. The molecule has 1 amide bonds. The molecule has 2 aromatic heterocycles. The largest absolute Gasteiger partial charge is 0.310 e. The summed E-state index contributed by atoms with van der Waals surface area (Å²) in [5.41, 5.74) is 4.89. The Bertz CT molecular complexity index is 1070. The minimum Gasteiger partial charge on any atom is -0.310 e. The van der Waals surface area contributed by atoms with E-state index in [1.165, 1.54) is 0 Å². The molecule has 134 valence electrons. The van der Waals surface area contributed by atoms with Crippen LogP contribution in [0.3, 0.4) is 0 Å². The number of hydrogen-bond donors (Lipinski definition) is 1. The second-order valence-corrected chi connectivity index (χ2v) is 6.64. The lowest BCUT2D eigenvalue weighted by Crippen LogP contribution is -2.14. The lowest BCUT2D eigenvalue weighted by molar-refractivity contribution is -0.116. The Morgan fingerprint density at radius 3 is 2.44 bits per heavy atom. The molecule has 0 atom stereocenters. The Morgan fingerprint density at radius 2 is 1.70 bits per heavy atom. The number of rotatable bonds is 5. The van der Waals surface area contributed by atoms with Crippen LogP contribution in [0.15, 0.2) is 79.0 Å². The Morgan fingerprint density at radius 1 is 1.00 bits per heavy atom. The zero-order valence-electron chi connectivity index (χ0n) is 15.2. The highest BCUT2D eigenvalue weighted by Gasteiger charge is 2.16. The molecular formula is C23H21N3O. The van der Waals surface area contributed by atoms with E-state index in [1.807, 2.05) is 90.3 Å². The van der Waals surface area contributed by atoms with Gasteiger partial charge in [0.2, 0.25) is 5.91 Å². The van der Waals surface area contributed by atoms with E-state index in [4.69, 9.17) is 4.98 Å². The van der Waals surface area contributed by atoms with Crippen molar-refractivity contribution in [2.24, 2.45) is 0 Å². The van der Waals surface area contributed by atoms with E-state index in [0.717, 1.165) is 28.0 Å². The molecule has 0 aliphatic rings. The van der Waals surface area contributed by atoms with Crippen LogP contribution in [0.4, 0.5) is 5.82 Å². The molecule has 2 heterocycles. The minimum absolute atomic E-state index is 0.0154.